The van der Waals surface area contributed by atoms with Crippen LogP contribution in [-0.2, 0) is 18.4 Å². The average Bonchev–Trinajstić information content (AvgIpc) is 2.46. The van der Waals surface area contributed by atoms with E-state index in [4.69, 9.17) is 5.73 Å². The quantitative estimate of drug-likeness (QED) is 0.869. The molecule has 0 saturated carbocycles. The molecule has 1 heteroatoms. The van der Waals surface area contributed by atoms with Gasteiger partial charge in [-0.05, 0) is 61.8 Å². The van der Waals surface area contributed by atoms with Crippen LogP contribution in [0, 0.1) is 6.92 Å². The molecule has 20 heavy (non-hydrogen) atoms. The maximum atomic E-state index is 6.66. The van der Waals surface area contributed by atoms with Crippen LogP contribution in [0.4, 0.5) is 0 Å². The highest BCUT2D eigenvalue weighted by molar-refractivity contribution is 5.43. The Bertz CT molecular complexity index is 625. The summed E-state index contributed by atoms with van der Waals surface area (Å²) in [6, 6.07) is 15.4. The van der Waals surface area contributed by atoms with Gasteiger partial charge in [-0.25, -0.2) is 0 Å². The van der Waals surface area contributed by atoms with Gasteiger partial charge >= 0.3 is 0 Å². The molecule has 0 radical (unpaired) electrons. The Kier molecular flexibility index (Phi) is 3.39. The van der Waals surface area contributed by atoms with E-state index in [-0.39, 0.29) is 0 Å². The van der Waals surface area contributed by atoms with Crippen molar-refractivity contribution >= 4 is 0 Å². The van der Waals surface area contributed by atoms with E-state index >= 15 is 0 Å². The first kappa shape index (κ1) is 13.4. The van der Waals surface area contributed by atoms with E-state index in [1.165, 1.54) is 53.5 Å². The monoisotopic (exact) mass is 265 g/mol. The lowest BCUT2D eigenvalue weighted by atomic mass is 9.81. The Hall–Kier alpha value is -1.60. The van der Waals surface area contributed by atoms with E-state index in [0.29, 0.717) is 0 Å². The molecule has 1 aliphatic rings. The first-order chi connectivity index (χ1) is 9.57. The van der Waals surface area contributed by atoms with Crippen LogP contribution in [0.15, 0.2) is 42.5 Å². The molecule has 2 aromatic rings. The van der Waals surface area contributed by atoms with E-state index in [9.17, 15) is 0 Å². The molecule has 0 bridgehead atoms. The zero-order valence-corrected chi connectivity index (χ0v) is 12.4. The van der Waals surface area contributed by atoms with Crippen molar-refractivity contribution in [2.24, 2.45) is 5.73 Å². The lowest BCUT2D eigenvalue weighted by molar-refractivity contribution is 0.597. The van der Waals surface area contributed by atoms with Crippen molar-refractivity contribution in [2.75, 3.05) is 0 Å². The highest BCUT2D eigenvalue weighted by atomic mass is 14.7. The molecule has 0 heterocycles. The van der Waals surface area contributed by atoms with Gasteiger partial charge in [-0.1, -0.05) is 48.0 Å². The van der Waals surface area contributed by atoms with Crippen molar-refractivity contribution in [3.05, 3.63) is 70.3 Å². The summed E-state index contributed by atoms with van der Waals surface area (Å²) in [4.78, 5) is 0. The smallest absolute Gasteiger partial charge is 0.0637 e. The van der Waals surface area contributed by atoms with Crippen molar-refractivity contribution in [3.8, 4) is 0 Å². The summed E-state index contributed by atoms with van der Waals surface area (Å²) in [7, 11) is 0. The minimum atomic E-state index is -0.418. The van der Waals surface area contributed by atoms with Crippen molar-refractivity contribution in [2.45, 2.75) is 45.1 Å². The second-order valence-corrected chi connectivity index (χ2v) is 6.26. The Morgan fingerprint density at radius 1 is 0.900 bits per heavy atom. The lowest BCUT2D eigenvalue weighted by Crippen LogP contribution is -2.34. The number of aryl methyl sites for hydroxylation is 3. The SMILES string of the molecule is Cc1cccc(C(C)(N)c2ccc3c(c2)CCCC3)c1. The van der Waals surface area contributed by atoms with E-state index in [1.54, 1.807) is 0 Å². The number of rotatable bonds is 2. The standard InChI is InChI=1S/C19H23N/c1-14-6-5-9-17(12-14)19(2,20)18-11-10-15-7-3-4-8-16(15)13-18/h5-6,9-13H,3-4,7-8,20H2,1-2H3. The molecule has 104 valence electrons. The molecule has 0 spiro atoms. The summed E-state index contributed by atoms with van der Waals surface area (Å²) in [5.41, 5.74) is 12.9. The molecule has 1 nitrogen and oxygen atoms in total. The number of fused-ring (bicyclic) bond motifs is 1. The zero-order valence-electron chi connectivity index (χ0n) is 12.4. The third-order valence-corrected chi connectivity index (χ3v) is 4.57. The molecule has 3 rings (SSSR count). The minimum absolute atomic E-state index is 0.418. The molecular formula is C19H23N. The second-order valence-electron chi connectivity index (χ2n) is 6.26. The number of benzene rings is 2. The molecule has 0 saturated heterocycles. The van der Waals surface area contributed by atoms with Gasteiger partial charge in [-0.15, -0.1) is 0 Å². The Morgan fingerprint density at radius 2 is 1.60 bits per heavy atom. The molecule has 1 aliphatic carbocycles. The van der Waals surface area contributed by atoms with E-state index in [0.717, 1.165) is 0 Å². The number of nitrogens with two attached hydrogens (primary N) is 1. The maximum absolute atomic E-state index is 6.66. The van der Waals surface area contributed by atoms with Crippen molar-refractivity contribution < 1.29 is 0 Å². The van der Waals surface area contributed by atoms with Gasteiger partial charge in [-0.2, -0.15) is 0 Å². The summed E-state index contributed by atoms with van der Waals surface area (Å²) in [6.45, 7) is 4.23. The van der Waals surface area contributed by atoms with Crippen LogP contribution in [0.25, 0.3) is 0 Å². The summed E-state index contributed by atoms with van der Waals surface area (Å²) < 4.78 is 0. The van der Waals surface area contributed by atoms with E-state index in [1.807, 2.05) is 0 Å². The first-order valence-electron chi connectivity index (χ1n) is 7.56. The molecule has 0 aromatic heterocycles. The van der Waals surface area contributed by atoms with Gasteiger partial charge in [0.05, 0.1) is 5.54 Å². The second kappa shape index (κ2) is 5.06. The largest absolute Gasteiger partial charge is 0.318 e. The van der Waals surface area contributed by atoms with Gasteiger partial charge in [0.25, 0.3) is 0 Å². The van der Waals surface area contributed by atoms with Gasteiger partial charge in [0, 0.05) is 0 Å². The van der Waals surface area contributed by atoms with Crippen molar-refractivity contribution in [1.29, 1.82) is 0 Å². The fourth-order valence-corrected chi connectivity index (χ4v) is 3.19. The lowest BCUT2D eigenvalue weighted by Gasteiger charge is -2.28. The third-order valence-electron chi connectivity index (χ3n) is 4.57. The molecule has 0 aliphatic heterocycles. The van der Waals surface area contributed by atoms with Crippen LogP contribution in [0.2, 0.25) is 0 Å². The summed E-state index contributed by atoms with van der Waals surface area (Å²) >= 11 is 0. The van der Waals surface area contributed by atoms with Crippen LogP contribution < -0.4 is 5.73 Å². The Balaban J connectivity index is 2.02. The first-order valence-corrected chi connectivity index (χ1v) is 7.56. The summed E-state index contributed by atoms with van der Waals surface area (Å²) in [6.07, 6.45) is 5.06. The van der Waals surface area contributed by atoms with Gasteiger partial charge in [0.2, 0.25) is 0 Å². The Morgan fingerprint density at radius 3 is 2.35 bits per heavy atom. The van der Waals surface area contributed by atoms with Crippen molar-refractivity contribution in [3.63, 3.8) is 0 Å². The summed E-state index contributed by atoms with van der Waals surface area (Å²) in [5, 5.41) is 0. The normalized spacial score (nSPS) is 17.4. The number of hydrogen-bond donors (Lipinski definition) is 1. The molecule has 1 atom stereocenters. The highest BCUT2D eigenvalue weighted by Gasteiger charge is 2.25. The summed E-state index contributed by atoms with van der Waals surface area (Å²) in [5.74, 6) is 0. The molecule has 2 N–H and O–H groups in total. The van der Waals surface area contributed by atoms with E-state index < -0.39 is 5.54 Å². The zero-order chi connectivity index (χ0) is 14.2. The number of hydrogen-bond acceptors (Lipinski definition) is 1. The highest BCUT2D eigenvalue weighted by Crippen LogP contribution is 2.30. The predicted molar refractivity (Wildman–Crippen MR) is 84.9 cm³/mol. The topological polar surface area (TPSA) is 26.0 Å². The molecular weight excluding hydrogens is 242 g/mol. The molecule has 1 unspecified atom stereocenters. The van der Waals surface area contributed by atoms with Crippen LogP contribution in [0.5, 0.6) is 0 Å². The molecule has 2 aromatic carbocycles. The van der Waals surface area contributed by atoms with Gasteiger partial charge < -0.3 is 5.73 Å². The average molecular weight is 265 g/mol. The van der Waals surface area contributed by atoms with Crippen LogP contribution in [-0.4, -0.2) is 0 Å². The molecule has 0 fully saturated rings. The van der Waals surface area contributed by atoms with Crippen molar-refractivity contribution in [1.82, 2.24) is 0 Å². The van der Waals surface area contributed by atoms with Crippen LogP contribution >= 0.6 is 0 Å². The maximum Gasteiger partial charge on any atom is 0.0637 e. The van der Waals surface area contributed by atoms with Gasteiger partial charge in [0.15, 0.2) is 0 Å². The minimum Gasteiger partial charge on any atom is -0.318 e. The van der Waals surface area contributed by atoms with Crippen LogP contribution in [0.1, 0.15) is 47.6 Å². The predicted octanol–water partition coefficient (Wildman–Crippen LogP) is 4.10. The third kappa shape index (κ3) is 2.38. The fourth-order valence-electron chi connectivity index (χ4n) is 3.19. The van der Waals surface area contributed by atoms with Crippen LogP contribution in [0.3, 0.4) is 0 Å². The van der Waals surface area contributed by atoms with E-state index in [2.05, 4.69) is 56.3 Å². The molecule has 0 amide bonds. The van der Waals surface area contributed by atoms with Gasteiger partial charge in [0.1, 0.15) is 0 Å². The Labute approximate surface area is 121 Å². The fraction of sp³-hybridized carbons (Fsp3) is 0.368. The van der Waals surface area contributed by atoms with Gasteiger partial charge in [-0.3, -0.25) is 0 Å².